The van der Waals surface area contributed by atoms with Crippen LogP contribution in [0.3, 0.4) is 0 Å². The molecule has 0 aromatic carbocycles. The second-order valence-corrected chi connectivity index (χ2v) is 3.41. The van der Waals surface area contributed by atoms with E-state index >= 15 is 0 Å². The summed E-state index contributed by atoms with van der Waals surface area (Å²) in [5, 5.41) is 0. The first-order valence-corrected chi connectivity index (χ1v) is 4.71. The van der Waals surface area contributed by atoms with Gasteiger partial charge in [-0.1, -0.05) is 18.6 Å². The van der Waals surface area contributed by atoms with Crippen molar-refractivity contribution in [3.63, 3.8) is 0 Å². The highest BCUT2D eigenvalue weighted by atomic mass is 15.1. The second-order valence-electron chi connectivity index (χ2n) is 3.41. The molecule has 11 heavy (non-hydrogen) atoms. The van der Waals surface area contributed by atoms with Gasteiger partial charge in [0.25, 0.3) is 0 Å². The Balaban J connectivity index is 2.19. The second kappa shape index (κ2) is 4.55. The van der Waals surface area contributed by atoms with Gasteiger partial charge in [-0.25, -0.2) is 0 Å². The topological polar surface area (TPSA) is 3.24 Å². The van der Waals surface area contributed by atoms with Crippen LogP contribution in [0.1, 0.15) is 33.1 Å². The van der Waals surface area contributed by atoms with E-state index in [-0.39, 0.29) is 0 Å². The van der Waals surface area contributed by atoms with Gasteiger partial charge in [0.15, 0.2) is 0 Å². The van der Waals surface area contributed by atoms with Crippen molar-refractivity contribution in [2.45, 2.75) is 33.1 Å². The van der Waals surface area contributed by atoms with Crippen molar-refractivity contribution in [1.82, 2.24) is 4.90 Å². The third kappa shape index (κ3) is 3.06. The summed E-state index contributed by atoms with van der Waals surface area (Å²) >= 11 is 0. The van der Waals surface area contributed by atoms with E-state index in [1.807, 2.05) is 0 Å². The Kier molecular flexibility index (Phi) is 3.64. The molecule has 1 heterocycles. The van der Waals surface area contributed by atoms with Crippen LogP contribution < -0.4 is 0 Å². The standard InChI is InChI=1S/C10H19N/c1-3-10(2)6-9-11-7-4-5-8-11/h6H,3-5,7-9H2,1-2H3/b10-6-. The predicted molar refractivity (Wildman–Crippen MR) is 49.7 cm³/mol. The minimum absolute atomic E-state index is 1.18. The number of allylic oxidation sites excluding steroid dienone is 1. The van der Waals surface area contributed by atoms with E-state index in [0.717, 1.165) is 0 Å². The van der Waals surface area contributed by atoms with E-state index in [4.69, 9.17) is 0 Å². The SMILES string of the molecule is CC/C(C)=C\CN1CCCC1. The van der Waals surface area contributed by atoms with Crippen LogP contribution in [-0.4, -0.2) is 24.5 Å². The highest BCUT2D eigenvalue weighted by Crippen LogP contribution is 2.07. The molecule has 0 bridgehead atoms. The van der Waals surface area contributed by atoms with Crippen molar-refractivity contribution in [3.8, 4) is 0 Å². The summed E-state index contributed by atoms with van der Waals surface area (Å²) in [4.78, 5) is 2.53. The molecular formula is C10H19N. The van der Waals surface area contributed by atoms with E-state index < -0.39 is 0 Å². The molecule has 1 aliphatic heterocycles. The zero-order chi connectivity index (χ0) is 8.10. The lowest BCUT2D eigenvalue weighted by Crippen LogP contribution is -2.18. The van der Waals surface area contributed by atoms with Gasteiger partial charge in [-0.3, -0.25) is 4.90 Å². The van der Waals surface area contributed by atoms with Gasteiger partial charge >= 0.3 is 0 Å². The minimum atomic E-state index is 1.18. The van der Waals surface area contributed by atoms with Crippen molar-refractivity contribution in [1.29, 1.82) is 0 Å². The molecule has 0 amide bonds. The van der Waals surface area contributed by atoms with Crippen LogP contribution in [-0.2, 0) is 0 Å². The van der Waals surface area contributed by atoms with Crippen molar-refractivity contribution in [3.05, 3.63) is 11.6 Å². The first kappa shape index (κ1) is 8.79. The van der Waals surface area contributed by atoms with Crippen LogP contribution in [0.25, 0.3) is 0 Å². The van der Waals surface area contributed by atoms with Gasteiger partial charge in [-0.2, -0.15) is 0 Å². The summed E-state index contributed by atoms with van der Waals surface area (Å²) in [6.45, 7) is 8.24. The highest BCUT2D eigenvalue weighted by molar-refractivity contribution is 4.98. The number of likely N-dealkylation sites (tertiary alicyclic amines) is 1. The van der Waals surface area contributed by atoms with Crippen LogP contribution in [0.15, 0.2) is 11.6 Å². The Hall–Kier alpha value is -0.300. The first-order chi connectivity index (χ1) is 5.33. The molecule has 0 unspecified atom stereocenters. The Bertz CT molecular complexity index is 132. The van der Waals surface area contributed by atoms with Crippen LogP contribution in [0.2, 0.25) is 0 Å². The molecule has 1 heteroatoms. The van der Waals surface area contributed by atoms with Gasteiger partial charge < -0.3 is 0 Å². The number of rotatable bonds is 3. The number of hydrogen-bond donors (Lipinski definition) is 0. The third-order valence-corrected chi connectivity index (χ3v) is 2.45. The van der Waals surface area contributed by atoms with E-state index in [2.05, 4.69) is 24.8 Å². The fourth-order valence-corrected chi connectivity index (χ4v) is 1.39. The van der Waals surface area contributed by atoms with Crippen molar-refractivity contribution in [2.75, 3.05) is 19.6 Å². The molecule has 0 N–H and O–H groups in total. The maximum absolute atomic E-state index is 2.53. The molecule has 1 rings (SSSR count). The van der Waals surface area contributed by atoms with E-state index in [0.29, 0.717) is 0 Å². The van der Waals surface area contributed by atoms with E-state index in [9.17, 15) is 0 Å². The third-order valence-electron chi connectivity index (χ3n) is 2.45. The lowest BCUT2D eigenvalue weighted by molar-refractivity contribution is 0.376. The van der Waals surface area contributed by atoms with Crippen LogP contribution >= 0.6 is 0 Å². The Labute approximate surface area is 70.1 Å². The quantitative estimate of drug-likeness (QED) is 0.563. The molecule has 0 aliphatic carbocycles. The summed E-state index contributed by atoms with van der Waals surface area (Å²) in [7, 11) is 0. The first-order valence-electron chi connectivity index (χ1n) is 4.71. The molecule has 64 valence electrons. The monoisotopic (exact) mass is 153 g/mol. The molecule has 1 saturated heterocycles. The number of hydrogen-bond acceptors (Lipinski definition) is 1. The number of nitrogens with zero attached hydrogens (tertiary/aromatic N) is 1. The molecule has 1 aliphatic rings. The maximum Gasteiger partial charge on any atom is 0.0165 e. The van der Waals surface area contributed by atoms with Crippen molar-refractivity contribution in [2.24, 2.45) is 0 Å². The fraction of sp³-hybridized carbons (Fsp3) is 0.800. The predicted octanol–water partition coefficient (Wildman–Crippen LogP) is 2.44. The zero-order valence-electron chi connectivity index (χ0n) is 7.77. The van der Waals surface area contributed by atoms with Gasteiger partial charge in [-0.15, -0.1) is 0 Å². The Morgan fingerprint density at radius 2 is 2.00 bits per heavy atom. The van der Waals surface area contributed by atoms with E-state index in [1.165, 1.54) is 44.5 Å². The minimum Gasteiger partial charge on any atom is -0.300 e. The molecule has 0 aromatic heterocycles. The molecule has 1 fully saturated rings. The smallest absolute Gasteiger partial charge is 0.0165 e. The molecule has 0 aromatic rings. The van der Waals surface area contributed by atoms with Gasteiger partial charge in [0, 0.05) is 6.54 Å². The zero-order valence-corrected chi connectivity index (χ0v) is 7.77. The highest BCUT2D eigenvalue weighted by Gasteiger charge is 2.08. The summed E-state index contributed by atoms with van der Waals surface area (Å²) in [6.07, 6.45) is 6.37. The molecule has 0 saturated carbocycles. The molecule has 0 spiro atoms. The summed E-state index contributed by atoms with van der Waals surface area (Å²) < 4.78 is 0. The van der Waals surface area contributed by atoms with Gasteiger partial charge in [0.05, 0.1) is 0 Å². The van der Waals surface area contributed by atoms with Crippen molar-refractivity contribution < 1.29 is 0 Å². The van der Waals surface area contributed by atoms with Gasteiger partial charge in [0.2, 0.25) is 0 Å². The Morgan fingerprint density at radius 3 is 2.55 bits per heavy atom. The summed E-state index contributed by atoms with van der Waals surface area (Å²) in [5.41, 5.74) is 1.52. The lowest BCUT2D eigenvalue weighted by Gasteiger charge is -2.11. The van der Waals surface area contributed by atoms with E-state index in [1.54, 1.807) is 0 Å². The normalized spacial score (nSPS) is 21.1. The van der Waals surface area contributed by atoms with Gasteiger partial charge in [0.1, 0.15) is 0 Å². The Morgan fingerprint density at radius 1 is 1.36 bits per heavy atom. The van der Waals surface area contributed by atoms with Crippen LogP contribution in [0, 0.1) is 0 Å². The summed E-state index contributed by atoms with van der Waals surface area (Å²) in [6, 6.07) is 0. The lowest BCUT2D eigenvalue weighted by atomic mass is 10.2. The average Bonchev–Trinajstić information content (AvgIpc) is 2.52. The molecule has 0 atom stereocenters. The maximum atomic E-state index is 2.53. The van der Waals surface area contributed by atoms with Crippen molar-refractivity contribution >= 4 is 0 Å². The van der Waals surface area contributed by atoms with Crippen LogP contribution in [0.4, 0.5) is 0 Å². The summed E-state index contributed by atoms with van der Waals surface area (Å²) in [5.74, 6) is 0. The fourth-order valence-electron chi connectivity index (χ4n) is 1.39. The van der Waals surface area contributed by atoms with Crippen LogP contribution in [0.5, 0.6) is 0 Å². The largest absolute Gasteiger partial charge is 0.300 e. The molecule has 1 nitrogen and oxygen atoms in total. The molecular weight excluding hydrogens is 134 g/mol. The molecule has 0 radical (unpaired) electrons. The van der Waals surface area contributed by atoms with Gasteiger partial charge in [-0.05, 0) is 39.3 Å². The average molecular weight is 153 g/mol.